The standard InChI is InChI=1S/C21H23N3O6/c1-28-19-7-6-18(24(26)27)17-12-14(13-30-20(17)19)21(25)22-15-2-4-16(5-3-15)23-8-10-29-11-9-23/h2-7,14H,8-13H2,1H3,(H,22,25)/t14-/m0/s1. The number of benzene rings is 2. The second-order valence-corrected chi connectivity index (χ2v) is 7.20. The van der Waals surface area contributed by atoms with Crippen LogP contribution >= 0.6 is 0 Å². The highest BCUT2D eigenvalue weighted by Crippen LogP contribution is 2.41. The number of fused-ring (bicyclic) bond motifs is 1. The molecule has 1 saturated heterocycles. The van der Waals surface area contributed by atoms with Crippen LogP contribution < -0.4 is 19.7 Å². The molecule has 0 aliphatic carbocycles. The molecule has 2 aromatic rings. The van der Waals surface area contributed by atoms with Crippen molar-refractivity contribution in [3.63, 3.8) is 0 Å². The maximum absolute atomic E-state index is 12.8. The molecular weight excluding hydrogens is 390 g/mol. The Kier molecular flexibility index (Phi) is 5.71. The van der Waals surface area contributed by atoms with Gasteiger partial charge in [0.05, 0.1) is 36.7 Å². The SMILES string of the molecule is COc1ccc([N+](=O)[O-])c2c1OC[C@@H](C(=O)Nc1ccc(N3CCOCC3)cc1)C2. The molecule has 2 aliphatic rings. The van der Waals surface area contributed by atoms with Crippen molar-refractivity contribution < 1.29 is 23.9 Å². The van der Waals surface area contributed by atoms with Crippen LogP contribution in [0.25, 0.3) is 0 Å². The number of ether oxygens (including phenoxy) is 3. The van der Waals surface area contributed by atoms with E-state index < -0.39 is 10.8 Å². The lowest BCUT2D eigenvalue weighted by Crippen LogP contribution is -2.36. The number of nitro groups is 1. The van der Waals surface area contributed by atoms with Crippen molar-refractivity contribution in [3.8, 4) is 11.5 Å². The van der Waals surface area contributed by atoms with Crippen molar-refractivity contribution >= 4 is 23.0 Å². The second kappa shape index (κ2) is 8.58. The number of nitrogens with one attached hydrogen (secondary N) is 1. The van der Waals surface area contributed by atoms with Crippen molar-refractivity contribution in [2.45, 2.75) is 6.42 Å². The second-order valence-electron chi connectivity index (χ2n) is 7.20. The summed E-state index contributed by atoms with van der Waals surface area (Å²) in [5.41, 5.74) is 2.06. The molecule has 0 saturated carbocycles. The average molecular weight is 413 g/mol. The molecule has 2 aliphatic heterocycles. The summed E-state index contributed by atoms with van der Waals surface area (Å²) in [5.74, 6) is -0.0158. The Labute approximate surface area is 173 Å². The highest BCUT2D eigenvalue weighted by molar-refractivity contribution is 5.93. The Bertz CT molecular complexity index is 941. The normalized spacial score (nSPS) is 18.2. The van der Waals surface area contributed by atoms with Gasteiger partial charge in [-0.2, -0.15) is 0 Å². The van der Waals surface area contributed by atoms with Crippen LogP contribution in [0.3, 0.4) is 0 Å². The number of amides is 1. The van der Waals surface area contributed by atoms with E-state index in [-0.39, 0.29) is 24.6 Å². The fourth-order valence-electron chi connectivity index (χ4n) is 3.76. The maximum atomic E-state index is 12.8. The van der Waals surface area contributed by atoms with Gasteiger partial charge in [0.2, 0.25) is 5.91 Å². The topological polar surface area (TPSA) is 103 Å². The minimum absolute atomic E-state index is 0.0711. The summed E-state index contributed by atoms with van der Waals surface area (Å²) in [7, 11) is 1.48. The minimum Gasteiger partial charge on any atom is -0.493 e. The quantitative estimate of drug-likeness (QED) is 0.594. The predicted octanol–water partition coefficient (Wildman–Crippen LogP) is 2.63. The number of carbonyl (C=O) groups is 1. The number of anilines is 2. The molecular formula is C21H23N3O6. The van der Waals surface area contributed by atoms with E-state index in [4.69, 9.17) is 14.2 Å². The van der Waals surface area contributed by atoms with Gasteiger partial charge < -0.3 is 24.4 Å². The molecule has 4 rings (SSSR count). The zero-order valence-electron chi connectivity index (χ0n) is 16.6. The van der Waals surface area contributed by atoms with Crippen molar-refractivity contribution in [2.75, 3.05) is 50.2 Å². The van der Waals surface area contributed by atoms with Crippen LogP contribution in [-0.2, 0) is 16.0 Å². The van der Waals surface area contributed by atoms with Crippen molar-refractivity contribution in [1.82, 2.24) is 0 Å². The molecule has 158 valence electrons. The van der Waals surface area contributed by atoms with Crippen molar-refractivity contribution in [3.05, 3.63) is 52.1 Å². The highest BCUT2D eigenvalue weighted by Gasteiger charge is 2.33. The lowest BCUT2D eigenvalue weighted by Gasteiger charge is -2.29. The minimum atomic E-state index is -0.540. The van der Waals surface area contributed by atoms with E-state index in [9.17, 15) is 14.9 Å². The van der Waals surface area contributed by atoms with Crippen LogP contribution in [0.4, 0.5) is 17.1 Å². The van der Waals surface area contributed by atoms with E-state index in [1.807, 2.05) is 24.3 Å². The average Bonchev–Trinajstić information content (AvgIpc) is 2.78. The summed E-state index contributed by atoms with van der Waals surface area (Å²) in [4.78, 5) is 25.9. The van der Waals surface area contributed by atoms with Gasteiger partial charge in [0.1, 0.15) is 6.61 Å². The van der Waals surface area contributed by atoms with Gasteiger partial charge in [0, 0.05) is 30.5 Å². The Morgan fingerprint density at radius 2 is 1.93 bits per heavy atom. The molecule has 2 heterocycles. The lowest BCUT2D eigenvalue weighted by molar-refractivity contribution is -0.385. The number of rotatable bonds is 5. The molecule has 1 atom stereocenters. The molecule has 2 aromatic carbocycles. The lowest BCUT2D eigenvalue weighted by atomic mass is 9.94. The molecule has 0 aromatic heterocycles. The third-order valence-corrected chi connectivity index (χ3v) is 5.38. The molecule has 0 bridgehead atoms. The van der Waals surface area contributed by atoms with E-state index in [0.717, 1.165) is 18.8 Å². The molecule has 1 fully saturated rings. The van der Waals surface area contributed by atoms with Gasteiger partial charge >= 0.3 is 0 Å². The summed E-state index contributed by atoms with van der Waals surface area (Å²) >= 11 is 0. The number of morpholine rings is 1. The summed E-state index contributed by atoms with van der Waals surface area (Å²) in [6, 6.07) is 10.5. The van der Waals surface area contributed by atoms with Gasteiger partial charge in [-0.05, 0) is 36.8 Å². The van der Waals surface area contributed by atoms with E-state index >= 15 is 0 Å². The molecule has 9 nitrogen and oxygen atoms in total. The van der Waals surface area contributed by atoms with E-state index in [2.05, 4.69) is 10.2 Å². The smallest absolute Gasteiger partial charge is 0.276 e. The van der Waals surface area contributed by atoms with Crippen molar-refractivity contribution in [1.29, 1.82) is 0 Å². The molecule has 0 spiro atoms. The van der Waals surface area contributed by atoms with Gasteiger partial charge in [-0.3, -0.25) is 14.9 Å². The van der Waals surface area contributed by atoms with Gasteiger partial charge in [-0.15, -0.1) is 0 Å². The van der Waals surface area contributed by atoms with Gasteiger partial charge in [-0.25, -0.2) is 0 Å². The first kappa shape index (κ1) is 20.0. The summed E-state index contributed by atoms with van der Waals surface area (Å²) in [6.45, 7) is 3.22. The van der Waals surface area contributed by atoms with Crippen LogP contribution in [0.2, 0.25) is 0 Å². The molecule has 30 heavy (non-hydrogen) atoms. The number of carbonyl (C=O) groups excluding carboxylic acids is 1. The fraction of sp³-hybridized carbons (Fsp3) is 0.381. The Hall–Kier alpha value is -3.33. The first-order valence-electron chi connectivity index (χ1n) is 9.77. The van der Waals surface area contributed by atoms with Crippen LogP contribution in [0.5, 0.6) is 11.5 Å². The third-order valence-electron chi connectivity index (χ3n) is 5.38. The number of nitrogens with zero attached hydrogens (tertiary/aromatic N) is 2. The number of nitro benzene ring substituents is 1. The Morgan fingerprint density at radius 3 is 2.60 bits per heavy atom. The van der Waals surface area contributed by atoms with E-state index in [1.54, 1.807) is 0 Å². The van der Waals surface area contributed by atoms with Crippen LogP contribution in [0, 0.1) is 16.0 Å². The molecule has 1 amide bonds. The first-order chi connectivity index (χ1) is 14.6. The largest absolute Gasteiger partial charge is 0.493 e. The van der Waals surface area contributed by atoms with Crippen molar-refractivity contribution in [2.24, 2.45) is 5.92 Å². The first-order valence-corrected chi connectivity index (χ1v) is 9.77. The highest BCUT2D eigenvalue weighted by atomic mass is 16.6. The number of methoxy groups -OCH3 is 1. The predicted molar refractivity (Wildman–Crippen MR) is 110 cm³/mol. The van der Waals surface area contributed by atoms with Gasteiger partial charge in [0.25, 0.3) is 5.69 Å². The number of hydrogen-bond acceptors (Lipinski definition) is 7. The summed E-state index contributed by atoms with van der Waals surface area (Å²) in [6.07, 6.45) is 0.209. The van der Waals surface area contributed by atoms with Gasteiger partial charge in [-0.1, -0.05) is 0 Å². The van der Waals surface area contributed by atoms with Gasteiger partial charge in [0.15, 0.2) is 11.5 Å². The Balaban J connectivity index is 1.46. The summed E-state index contributed by atoms with van der Waals surface area (Å²) in [5, 5.41) is 14.3. The molecule has 0 unspecified atom stereocenters. The van der Waals surface area contributed by atoms with E-state index in [1.165, 1.54) is 19.2 Å². The molecule has 1 N–H and O–H groups in total. The summed E-state index contributed by atoms with van der Waals surface area (Å²) < 4.78 is 16.3. The fourth-order valence-corrected chi connectivity index (χ4v) is 3.76. The van der Waals surface area contributed by atoms with Crippen LogP contribution in [0.1, 0.15) is 5.56 Å². The molecule has 9 heteroatoms. The van der Waals surface area contributed by atoms with Crippen LogP contribution in [0.15, 0.2) is 36.4 Å². The van der Waals surface area contributed by atoms with Crippen LogP contribution in [-0.4, -0.2) is 50.9 Å². The van der Waals surface area contributed by atoms with E-state index in [0.29, 0.717) is 36.0 Å². The Morgan fingerprint density at radius 1 is 1.20 bits per heavy atom. The third kappa shape index (κ3) is 4.02. The maximum Gasteiger partial charge on any atom is 0.276 e. The molecule has 0 radical (unpaired) electrons. The zero-order valence-corrected chi connectivity index (χ0v) is 16.6. The zero-order chi connectivity index (χ0) is 21.1. The number of hydrogen-bond donors (Lipinski definition) is 1. The monoisotopic (exact) mass is 413 g/mol.